The smallest absolute Gasteiger partial charge is 0.323 e. The molecule has 2 unspecified atom stereocenters. The van der Waals surface area contributed by atoms with Crippen LogP contribution in [-0.2, 0) is 9.59 Å². The van der Waals surface area contributed by atoms with Crippen LogP contribution in [0.15, 0.2) is 0 Å². The first kappa shape index (κ1) is 14.3. The fourth-order valence-electron chi connectivity index (χ4n) is 1.84. The van der Waals surface area contributed by atoms with Crippen LogP contribution in [0.25, 0.3) is 0 Å². The zero-order valence-corrected chi connectivity index (χ0v) is 10.5. The molecule has 18 heavy (non-hydrogen) atoms. The number of hydrogen-bond donors (Lipinski definition) is 2. The summed E-state index contributed by atoms with van der Waals surface area (Å²) in [6, 6.07) is -0.557. The number of carbonyl (C=O) groups excluding carboxylic acids is 1. The molecule has 2 atom stereocenters. The van der Waals surface area contributed by atoms with Gasteiger partial charge in [0.25, 0.3) is 0 Å². The lowest BCUT2D eigenvalue weighted by Crippen LogP contribution is -2.46. The topological polar surface area (TPSA) is 98.2 Å². The summed E-state index contributed by atoms with van der Waals surface area (Å²) >= 11 is 0. The van der Waals surface area contributed by atoms with Crippen molar-refractivity contribution in [3.63, 3.8) is 0 Å². The maximum atomic E-state index is 11.9. The molecule has 1 aliphatic rings. The quantitative estimate of drug-likeness (QED) is 0.707. The number of urea groups is 1. The van der Waals surface area contributed by atoms with Gasteiger partial charge in [-0.25, -0.2) is 4.79 Å². The molecule has 2 amide bonds. The Morgan fingerprint density at radius 1 is 1.17 bits per heavy atom. The molecule has 0 heterocycles. The highest BCUT2D eigenvalue weighted by atomic mass is 16.4. The van der Waals surface area contributed by atoms with E-state index in [9.17, 15) is 14.4 Å². The van der Waals surface area contributed by atoms with Gasteiger partial charge in [-0.3, -0.25) is 9.59 Å². The molecular weight excluding hydrogens is 240 g/mol. The first-order valence-electron chi connectivity index (χ1n) is 5.75. The standard InChI is InChI=1S/C11H18N2O5/c1-7-3-8(7)4-12(2)11(18)13(5-9(14)15)6-10(16)17/h7-8H,3-6H2,1-2H3,(H,14,15)(H,16,17). The number of rotatable bonds is 6. The number of nitrogens with zero attached hydrogens (tertiary/aromatic N) is 2. The van der Waals surface area contributed by atoms with Gasteiger partial charge in [-0.2, -0.15) is 0 Å². The van der Waals surface area contributed by atoms with E-state index >= 15 is 0 Å². The number of amides is 2. The largest absolute Gasteiger partial charge is 0.480 e. The summed E-state index contributed by atoms with van der Waals surface area (Å²) < 4.78 is 0. The third kappa shape index (κ3) is 4.23. The van der Waals surface area contributed by atoms with Crippen LogP contribution < -0.4 is 0 Å². The number of carboxylic acids is 2. The van der Waals surface area contributed by atoms with Crippen LogP contribution >= 0.6 is 0 Å². The van der Waals surface area contributed by atoms with Crippen LogP contribution in [0.3, 0.4) is 0 Å². The molecule has 0 radical (unpaired) electrons. The highest BCUT2D eigenvalue weighted by Gasteiger charge is 2.35. The normalized spacial score (nSPS) is 21.2. The minimum absolute atomic E-state index is 0.440. The molecular formula is C11H18N2O5. The van der Waals surface area contributed by atoms with Gasteiger partial charge in [-0.05, 0) is 18.3 Å². The second-order valence-corrected chi connectivity index (χ2v) is 4.78. The van der Waals surface area contributed by atoms with Crippen LogP contribution in [0, 0.1) is 11.8 Å². The number of carbonyl (C=O) groups is 3. The van der Waals surface area contributed by atoms with Gasteiger partial charge in [0.1, 0.15) is 13.1 Å². The van der Waals surface area contributed by atoms with Gasteiger partial charge in [-0.1, -0.05) is 6.92 Å². The average Bonchev–Trinajstić information content (AvgIpc) is 2.90. The Labute approximate surface area is 105 Å². The molecule has 0 aromatic heterocycles. The third-order valence-corrected chi connectivity index (χ3v) is 3.03. The Hall–Kier alpha value is -1.79. The summed E-state index contributed by atoms with van der Waals surface area (Å²) in [5.41, 5.74) is 0. The SMILES string of the molecule is CC1CC1CN(C)C(=O)N(CC(=O)O)CC(=O)O. The first-order valence-corrected chi connectivity index (χ1v) is 5.75. The van der Waals surface area contributed by atoms with Crippen LogP contribution in [0.4, 0.5) is 4.79 Å². The molecule has 2 N–H and O–H groups in total. The van der Waals surface area contributed by atoms with Gasteiger partial charge in [0.05, 0.1) is 0 Å². The maximum absolute atomic E-state index is 11.9. The van der Waals surface area contributed by atoms with Gasteiger partial charge in [0, 0.05) is 13.6 Å². The van der Waals surface area contributed by atoms with E-state index in [1.165, 1.54) is 4.90 Å². The average molecular weight is 258 g/mol. The molecule has 0 aromatic rings. The lowest BCUT2D eigenvalue weighted by Gasteiger charge is -2.25. The minimum atomic E-state index is -1.22. The molecule has 1 aliphatic carbocycles. The summed E-state index contributed by atoms with van der Waals surface area (Å²) in [6.07, 6.45) is 1.05. The summed E-state index contributed by atoms with van der Waals surface area (Å²) in [6.45, 7) is 1.41. The summed E-state index contributed by atoms with van der Waals surface area (Å²) in [4.78, 5) is 35.3. The van der Waals surface area contributed by atoms with Crippen molar-refractivity contribution < 1.29 is 24.6 Å². The number of aliphatic carboxylic acids is 2. The lowest BCUT2D eigenvalue weighted by atomic mass is 10.3. The van der Waals surface area contributed by atoms with Gasteiger partial charge < -0.3 is 20.0 Å². The molecule has 102 valence electrons. The number of hydrogen-bond acceptors (Lipinski definition) is 3. The molecule has 7 nitrogen and oxygen atoms in total. The van der Waals surface area contributed by atoms with Crippen molar-refractivity contribution in [2.45, 2.75) is 13.3 Å². The highest BCUT2D eigenvalue weighted by molar-refractivity contribution is 5.84. The molecule has 7 heteroatoms. The van der Waals surface area contributed by atoms with E-state index in [2.05, 4.69) is 6.92 Å². The van der Waals surface area contributed by atoms with Gasteiger partial charge >= 0.3 is 18.0 Å². The molecule has 0 saturated heterocycles. The van der Waals surface area contributed by atoms with Crippen LogP contribution in [0.1, 0.15) is 13.3 Å². The van der Waals surface area contributed by atoms with Crippen molar-refractivity contribution in [1.29, 1.82) is 0 Å². The van der Waals surface area contributed by atoms with Crippen molar-refractivity contribution >= 4 is 18.0 Å². The van der Waals surface area contributed by atoms with E-state index in [1.807, 2.05) is 0 Å². The van der Waals surface area contributed by atoms with Crippen LogP contribution in [0.2, 0.25) is 0 Å². The Morgan fingerprint density at radius 2 is 1.61 bits per heavy atom. The predicted molar refractivity (Wildman–Crippen MR) is 62.1 cm³/mol. The monoisotopic (exact) mass is 258 g/mol. The molecule has 0 bridgehead atoms. The fourth-order valence-corrected chi connectivity index (χ4v) is 1.84. The second-order valence-electron chi connectivity index (χ2n) is 4.78. The molecule has 0 aromatic carbocycles. The van der Waals surface area contributed by atoms with Crippen molar-refractivity contribution in [3.05, 3.63) is 0 Å². The Morgan fingerprint density at radius 3 is 1.94 bits per heavy atom. The zero-order chi connectivity index (χ0) is 13.9. The van der Waals surface area contributed by atoms with Gasteiger partial charge in [0.2, 0.25) is 0 Å². The molecule has 1 saturated carbocycles. The van der Waals surface area contributed by atoms with Crippen LogP contribution in [-0.4, -0.2) is 64.7 Å². The predicted octanol–water partition coefficient (Wildman–Crippen LogP) is 0.165. The van der Waals surface area contributed by atoms with Gasteiger partial charge in [0.15, 0.2) is 0 Å². The fraction of sp³-hybridized carbons (Fsp3) is 0.727. The van der Waals surface area contributed by atoms with Crippen molar-refractivity contribution in [2.75, 3.05) is 26.7 Å². The van der Waals surface area contributed by atoms with Crippen molar-refractivity contribution in [3.8, 4) is 0 Å². The summed E-state index contributed by atoms with van der Waals surface area (Å²) in [7, 11) is 1.56. The third-order valence-electron chi connectivity index (χ3n) is 3.03. The lowest BCUT2D eigenvalue weighted by molar-refractivity contribution is -0.140. The molecule has 1 rings (SSSR count). The van der Waals surface area contributed by atoms with E-state index in [-0.39, 0.29) is 0 Å². The summed E-state index contributed by atoms with van der Waals surface area (Å²) in [5.74, 6) is -1.43. The zero-order valence-electron chi connectivity index (χ0n) is 10.5. The number of carboxylic acid groups (broad SMARTS) is 2. The molecule has 0 spiro atoms. The molecule has 1 fully saturated rings. The summed E-state index contributed by atoms with van der Waals surface area (Å²) in [5, 5.41) is 17.3. The minimum Gasteiger partial charge on any atom is -0.480 e. The van der Waals surface area contributed by atoms with Crippen molar-refractivity contribution in [2.24, 2.45) is 11.8 Å². The van der Waals surface area contributed by atoms with E-state index < -0.39 is 31.1 Å². The first-order chi connectivity index (χ1) is 8.31. The van der Waals surface area contributed by atoms with Crippen molar-refractivity contribution in [1.82, 2.24) is 9.80 Å². The Bertz CT molecular complexity index is 341. The molecule has 0 aliphatic heterocycles. The maximum Gasteiger partial charge on any atom is 0.323 e. The van der Waals surface area contributed by atoms with E-state index in [0.717, 1.165) is 11.3 Å². The highest BCUT2D eigenvalue weighted by Crippen LogP contribution is 2.38. The Kier molecular flexibility index (Phi) is 4.52. The van der Waals surface area contributed by atoms with E-state index in [0.29, 0.717) is 18.4 Å². The van der Waals surface area contributed by atoms with E-state index in [4.69, 9.17) is 10.2 Å². The second kappa shape index (κ2) is 5.70. The van der Waals surface area contributed by atoms with Gasteiger partial charge in [-0.15, -0.1) is 0 Å². The van der Waals surface area contributed by atoms with E-state index in [1.54, 1.807) is 7.05 Å². The Balaban J connectivity index is 2.56. The van der Waals surface area contributed by atoms with Crippen LogP contribution in [0.5, 0.6) is 0 Å².